The second kappa shape index (κ2) is 5.04. The van der Waals surface area contributed by atoms with Crippen molar-refractivity contribution in [3.63, 3.8) is 0 Å². The smallest absolute Gasteiger partial charge is 0.271 e. The van der Waals surface area contributed by atoms with Gasteiger partial charge in [0.1, 0.15) is 0 Å². The highest BCUT2D eigenvalue weighted by atomic mass is 127. The summed E-state index contributed by atoms with van der Waals surface area (Å²) in [6.45, 7) is 0.228. The normalized spacial score (nSPS) is 21.2. The van der Waals surface area contributed by atoms with E-state index >= 15 is 0 Å². The Morgan fingerprint density at radius 3 is 2.67 bits per heavy atom. The number of benzene rings is 1. The molecule has 1 unspecified atom stereocenters. The van der Waals surface area contributed by atoms with E-state index in [1.54, 1.807) is 0 Å². The van der Waals surface area contributed by atoms with Crippen LogP contribution < -0.4 is 5.06 Å². The van der Waals surface area contributed by atoms with Crippen molar-refractivity contribution in [2.24, 2.45) is 0 Å². The van der Waals surface area contributed by atoms with Crippen LogP contribution in [-0.4, -0.2) is 16.4 Å². The summed E-state index contributed by atoms with van der Waals surface area (Å²) in [5, 5.41) is 0.753. The number of amides is 1. The molecular formula is C11H9F3INO2. The molecule has 1 atom stereocenters. The standard InChI is InChI=1S/C11H9F3INO2/c12-11(13,14)7-3-1-2-4-9(7)16-10(17)8(15)5-6-18-16/h1-4,8H,5-6H2. The minimum atomic E-state index is -4.52. The van der Waals surface area contributed by atoms with Crippen LogP contribution in [0.2, 0.25) is 0 Å². The molecule has 0 N–H and O–H groups in total. The van der Waals surface area contributed by atoms with Crippen LogP contribution in [0.5, 0.6) is 0 Å². The predicted octanol–water partition coefficient (Wildman–Crippen LogP) is 3.18. The van der Waals surface area contributed by atoms with E-state index in [1.165, 1.54) is 18.2 Å². The van der Waals surface area contributed by atoms with Crippen LogP contribution in [0.4, 0.5) is 18.9 Å². The van der Waals surface area contributed by atoms with Crippen LogP contribution in [0.15, 0.2) is 24.3 Å². The highest BCUT2D eigenvalue weighted by molar-refractivity contribution is 14.1. The highest BCUT2D eigenvalue weighted by Gasteiger charge is 2.38. The molecule has 1 aromatic rings. The van der Waals surface area contributed by atoms with Crippen molar-refractivity contribution in [1.82, 2.24) is 0 Å². The van der Waals surface area contributed by atoms with E-state index in [1.807, 2.05) is 22.6 Å². The molecule has 0 aromatic heterocycles. The fourth-order valence-electron chi connectivity index (χ4n) is 1.64. The van der Waals surface area contributed by atoms with Gasteiger partial charge < -0.3 is 0 Å². The molecule has 2 rings (SSSR count). The van der Waals surface area contributed by atoms with Crippen molar-refractivity contribution in [3.05, 3.63) is 29.8 Å². The van der Waals surface area contributed by atoms with Crippen LogP contribution in [0.3, 0.4) is 0 Å². The summed E-state index contributed by atoms with van der Waals surface area (Å²) >= 11 is 1.90. The first kappa shape index (κ1) is 13.6. The third kappa shape index (κ3) is 2.61. The zero-order valence-corrected chi connectivity index (χ0v) is 11.2. The van der Waals surface area contributed by atoms with Crippen molar-refractivity contribution in [2.45, 2.75) is 16.5 Å². The lowest BCUT2D eigenvalue weighted by Gasteiger charge is -2.30. The minimum absolute atomic E-state index is 0.228. The van der Waals surface area contributed by atoms with Crippen molar-refractivity contribution >= 4 is 34.2 Å². The Labute approximate surface area is 115 Å². The van der Waals surface area contributed by atoms with Gasteiger partial charge in [0.25, 0.3) is 5.91 Å². The van der Waals surface area contributed by atoms with Gasteiger partial charge in [-0.1, -0.05) is 34.7 Å². The zero-order valence-electron chi connectivity index (χ0n) is 9.08. The van der Waals surface area contributed by atoms with Crippen molar-refractivity contribution in [2.75, 3.05) is 11.7 Å². The molecular weight excluding hydrogens is 362 g/mol. The number of rotatable bonds is 1. The lowest BCUT2D eigenvalue weighted by Crippen LogP contribution is -2.43. The first-order valence-corrected chi connectivity index (χ1v) is 6.43. The van der Waals surface area contributed by atoms with Gasteiger partial charge in [0.05, 0.1) is 21.8 Å². The number of nitrogens with zero attached hydrogens (tertiary/aromatic N) is 1. The van der Waals surface area contributed by atoms with Crippen molar-refractivity contribution in [3.8, 4) is 0 Å². The molecule has 3 nitrogen and oxygen atoms in total. The highest BCUT2D eigenvalue weighted by Crippen LogP contribution is 2.37. The number of carbonyl (C=O) groups excluding carboxylic acids is 1. The fraction of sp³-hybridized carbons (Fsp3) is 0.364. The Morgan fingerprint density at radius 1 is 1.33 bits per heavy atom. The van der Waals surface area contributed by atoms with Gasteiger partial charge in [0, 0.05) is 0 Å². The molecule has 1 aliphatic rings. The van der Waals surface area contributed by atoms with Crippen molar-refractivity contribution in [1.29, 1.82) is 0 Å². The summed E-state index contributed by atoms with van der Waals surface area (Å²) in [5.74, 6) is -0.460. The molecule has 1 fully saturated rings. The van der Waals surface area contributed by atoms with E-state index < -0.39 is 17.6 Å². The average Bonchev–Trinajstić information content (AvgIpc) is 2.32. The number of hydrogen-bond acceptors (Lipinski definition) is 2. The molecule has 1 amide bonds. The summed E-state index contributed by atoms with van der Waals surface area (Å²) in [6, 6.07) is 4.89. The van der Waals surface area contributed by atoms with Crippen LogP contribution in [-0.2, 0) is 15.8 Å². The number of para-hydroxylation sites is 1. The van der Waals surface area contributed by atoms with Gasteiger partial charge in [-0.05, 0) is 18.6 Å². The SMILES string of the molecule is O=C1C(I)CCON1c1ccccc1C(F)(F)F. The second-order valence-electron chi connectivity index (χ2n) is 3.74. The molecule has 98 valence electrons. The van der Waals surface area contributed by atoms with Crippen LogP contribution >= 0.6 is 22.6 Å². The Morgan fingerprint density at radius 2 is 2.00 bits per heavy atom. The molecule has 0 bridgehead atoms. The summed E-state index contributed by atoms with van der Waals surface area (Å²) < 4.78 is 38.1. The van der Waals surface area contributed by atoms with E-state index in [0.717, 1.165) is 11.1 Å². The number of alkyl halides is 4. The molecule has 7 heteroatoms. The van der Waals surface area contributed by atoms with E-state index in [-0.39, 0.29) is 16.2 Å². The van der Waals surface area contributed by atoms with Crippen LogP contribution in [0, 0.1) is 0 Å². The zero-order chi connectivity index (χ0) is 13.3. The summed E-state index contributed by atoms with van der Waals surface area (Å²) in [7, 11) is 0. The lowest BCUT2D eigenvalue weighted by molar-refractivity contribution is -0.138. The largest absolute Gasteiger partial charge is 0.418 e. The van der Waals surface area contributed by atoms with Crippen LogP contribution in [0.25, 0.3) is 0 Å². The Hall–Kier alpha value is -0.830. The lowest BCUT2D eigenvalue weighted by atomic mass is 10.1. The second-order valence-corrected chi connectivity index (χ2v) is 5.24. The maximum Gasteiger partial charge on any atom is 0.418 e. The molecule has 0 saturated carbocycles. The van der Waals surface area contributed by atoms with Gasteiger partial charge in [-0.2, -0.15) is 18.2 Å². The molecule has 18 heavy (non-hydrogen) atoms. The summed E-state index contributed by atoms with van der Waals surface area (Å²) in [5.41, 5.74) is -1.12. The van der Waals surface area contributed by atoms with Crippen LogP contribution in [0.1, 0.15) is 12.0 Å². The Kier molecular flexibility index (Phi) is 3.81. The number of hydrogen-bond donors (Lipinski definition) is 0. The maximum absolute atomic E-state index is 12.8. The Bertz CT molecular complexity index is 464. The summed E-state index contributed by atoms with van der Waals surface area (Å²) in [4.78, 5) is 16.9. The number of hydroxylamine groups is 1. The quantitative estimate of drug-likeness (QED) is 0.561. The third-order valence-corrected chi connectivity index (χ3v) is 3.64. The molecule has 0 spiro atoms. The van der Waals surface area contributed by atoms with Crippen molar-refractivity contribution < 1.29 is 22.8 Å². The van der Waals surface area contributed by atoms with Gasteiger partial charge in [0.15, 0.2) is 0 Å². The van der Waals surface area contributed by atoms with E-state index in [0.29, 0.717) is 6.42 Å². The van der Waals surface area contributed by atoms with E-state index in [9.17, 15) is 18.0 Å². The monoisotopic (exact) mass is 371 g/mol. The average molecular weight is 371 g/mol. The number of carbonyl (C=O) groups is 1. The van der Waals surface area contributed by atoms with Gasteiger partial charge in [-0.15, -0.1) is 0 Å². The van der Waals surface area contributed by atoms with Gasteiger partial charge in [-0.25, -0.2) is 0 Å². The Balaban J connectivity index is 2.42. The molecule has 0 aliphatic carbocycles. The predicted molar refractivity (Wildman–Crippen MR) is 67.3 cm³/mol. The summed E-state index contributed by atoms with van der Waals surface area (Å²) in [6.07, 6.45) is -4.01. The van der Waals surface area contributed by atoms with Gasteiger partial charge >= 0.3 is 6.18 Å². The molecule has 0 radical (unpaired) electrons. The first-order valence-electron chi connectivity index (χ1n) is 5.18. The van der Waals surface area contributed by atoms with E-state index in [2.05, 4.69) is 0 Å². The molecule has 1 aromatic carbocycles. The van der Waals surface area contributed by atoms with Gasteiger partial charge in [0.2, 0.25) is 0 Å². The molecule has 1 aliphatic heterocycles. The van der Waals surface area contributed by atoms with E-state index in [4.69, 9.17) is 4.84 Å². The molecule has 1 saturated heterocycles. The first-order chi connectivity index (χ1) is 8.41. The number of anilines is 1. The maximum atomic E-state index is 12.8. The minimum Gasteiger partial charge on any atom is -0.271 e. The van der Waals surface area contributed by atoms with Gasteiger partial charge in [-0.3, -0.25) is 9.63 Å². The third-order valence-electron chi connectivity index (χ3n) is 2.49. The topological polar surface area (TPSA) is 29.5 Å². The fourth-order valence-corrected chi connectivity index (χ4v) is 2.15. The number of halogens is 4. The molecule has 1 heterocycles.